The predicted molar refractivity (Wildman–Crippen MR) is 109 cm³/mol. The van der Waals surface area contributed by atoms with Gasteiger partial charge >= 0.3 is 0 Å². The lowest BCUT2D eigenvalue weighted by atomic mass is 10.00. The maximum Gasteiger partial charge on any atom is 0.274 e. The first-order valence-electron chi connectivity index (χ1n) is 9.24. The van der Waals surface area contributed by atoms with Crippen LogP contribution in [0.1, 0.15) is 21.5 Å². The number of pyridine rings is 1. The van der Waals surface area contributed by atoms with E-state index in [1.807, 2.05) is 48.5 Å². The van der Waals surface area contributed by atoms with Crippen LogP contribution < -0.4 is 15.7 Å². The molecule has 7 heteroatoms. The van der Waals surface area contributed by atoms with Crippen LogP contribution in [-0.4, -0.2) is 28.0 Å². The number of aromatic nitrogens is 1. The van der Waals surface area contributed by atoms with Gasteiger partial charge in [-0.3, -0.25) is 19.8 Å². The number of para-hydroxylation sites is 2. The molecule has 2 amide bonds. The normalized spacial score (nSPS) is 15.4. The summed E-state index contributed by atoms with van der Waals surface area (Å²) in [5, 5.41) is 11.8. The molecular formula is C22H20N4O3. The molecule has 1 aliphatic rings. The monoisotopic (exact) mass is 388 g/mol. The third kappa shape index (κ3) is 3.95. The Morgan fingerprint density at radius 2 is 1.86 bits per heavy atom. The van der Waals surface area contributed by atoms with Crippen LogP contribution in [0.5, 0.6) is 0 Å². The van der Waals surface area contributed by atoms with Crippen LogP contribution in [0.15, 0.2) is 73.1 Å². The minimum Gasteiger partial charge on any atom is -0.353 e. The van der Waals surface area contributed by atoms with Crippen molar-refractivity contribution in [3.63, 3.8) is 0 Å². The van der Waals surface area contributed by atoms with Crippen LogP contribution in [0.3, 0.4) is 0 Å². The fourth-order valence-corrected chi connectivity index (χ4v) is 3.52. The Hall–Kier alpha value is -3.71. The number of hydrogen-bond acceptors (Lipinski definition) is 5. The first-order valence-corrected chi connectivity index (χ1v) is 9.24. The summed E-state index contributed by atoms with van der Waals surface area (Å²) in [5.41, 5.74) is 5.63. The zero-order valence-electron chi connectivity index (χ0n) is 15.6. The molecule has 29 heavy (non-hydrogen) atoms. The lowest BCUT2D eigenvalue weighted by Gasteiger charge is -2.38. The molecule has 2 aromatic carbocycles. The van der Waals surface area contributed by atoms with E-state index in [0.29, 0.717) is 18.5 Å². The van der Waals surface area contributed by atoms with Gasteiger partial charge in [0.1, 0.15) is 6.04 Å². The molecule has 2 heterocycles. The molecule has 0 unspecified atom stereocenters. The zero-order valence-corrected chi connectivity index (χ0v) is 15.6. The van der Waals surface area contributed by atoms with Crippen molar-refractivity contribution in [2.75, 3.05) is 10.2 Å². The summed E-state index contributed by atoms with van der Waals surface area (Å²) < 4.78 is 0. The molecule has 3 aromatic rings. The Morgan fingerprint density at radius 1 is 1.07 bits per heavy atom. The average molecular weight is 388 g/mol. The second-order valence-electron chi connectivity index (χ2n) is 6.85. The van der Waals surface area contributed by atoms with Gasteiger partial charge in [0.2, 0.25) is 5.91 Å². The summed E-state index contributed by atoms with van der Waals surface area (Å²) >= 11 is 0. The fraction of sp³-hybridized carbons (Fsp3) is 0.136. The van der Waals surface area contributed by atoms with Crippen molar-refractivity contribution in [2.24, 2.45) is 0 Å². The Balaban J connectivity index is 1.66. The zero-order chi connectivity index (χ0) is 20.2. The third-order valence-electron chi connectivity index (χ3n) is 4.97. The largest absolute Gasteiger partial charge is 0.353 e. The highest BCUT2D eigenvalue weighted by Crippen LogP contribution is 2.34. The highest BCUT2D eigenvalue weighted by molar-refractivity contribution is 6.03. The van der Waals surface area contributed by atoms with Gasteiger partial charge in [0.25, 0.3) is 5.91 Å². The number of carbonyl (C=O) groups excluding carboxylic acids is 2. The summed E-state index contributed by atoms with van der Waals surface area (Å²) in [6.07, 6.45) is 4.01. The van der Waals surface area contributed by atoms with Crippen LogP contribution in [0.25, 0.3) is 0 Å². The first-order chi connectivity index (χ1) is 14.2. The van der Waals surface area contributed by atoms with Crippen molar-refractivity contribution in [3.05, 3.63) is 89.7 Å². The Kier molecular flexibility index (Phi) is 5.22. The Labute approximate surface area is 168 Å². The first kappa shape index (κ1) is 18.6. The van der Waals surface area contributed by atoms with Gasteiger partial charge in [0.15, 0.2) is 0 Å². The lowest BCUT2D eigenvalue weighted by molar-refractivity contribution is -0.117. The predicted octanol–water partition coefficient (Wildman–Crippen LogP) is 2.77. The molecule has 0 radical (unpaired) electrons. The third-order valence-corrected chi connectivity index (χ3v) is 4.97. The number of amides is 2. The molecule has 1 atom stereocenters. The standard InChI is InChI=1S/C22H20N4O3/c27-21(25-29)17-9-7-15(8-10-17)14-26-19-6-2-1-5-18(19)24-22(28)20(26)12-16-4-3-11-23-13-16/h1-11,13,20,29H,12,14H2,(H,24,28)(H,25,27)/t20-/m1/s1. The smallest absolute Gasteiger partial charge is 0.274 e. The summed E-state index contributed by atoms with van der Waals surface area (Å²) in [5.74, 6) is -0.627. The van der Waals surface area contributed by atoms with E-state index in [4.69, 9.17) is 5.21 Å². The van der Waals surface area contributed by atoms with Crippen molar-refractivity contribution >= 4 is 23.2 Å². The van der Waals surface area contributed by atoms with Crippen molar-refractivity contribution in [2.45, 2.75) is 19.0 Å². The van der Waals surface area contributed by atoms with Crippen LogP contribution in [0.4, 0.5) is 11.4 Å². The molecule has 7 nitrogen and oxygen atoms in total. The van der Waals surface area contributed by atoms with Gasteiger partial charge in [-0.25, -0.2) is 5.48 Å². The second-order valence-corrected chi connectivity index (χ2v) is 6.85. The number of carbonyl (C=O) groups is 2. The number of nitrogens with zero attached hydrogens (tertiary/aromatic N) is 2. The summed E-state index contributed by atoms with van der Waals surface area (Å²) in [6, 6.07) is 18.1. The number of nitrogens with one attached hydrogen (secondary N) is 2. The van der Waals surface area contributed by atoms with Gasteiger partial charge < -0.3 is 10.2 Å². The van der Waals surface area contributed by atoms with Gasteiger partial charge in [0.05, 0.1) is 11.4 Å². The van der Waals surface area contributed by atoms with E-state index >= 15 is 0 Å². The van der Waals surface area contributed by atoms with Gasteiger partial charge in [-0.1, -0.05) is 30.3 Å². The molecule has 0 bridgehead atoms. The number of fused-ring (bicyclic) bond motifs is 1. The number of hydroxylamine groups is 1. The molecule has 1 aromatic heterocycles. The Morgan fingerprint density at radius 3 is 2.59 bits per heavy atom. The van der Waals surface area contributed by atoms with Gasteiger partial charge in [-0.2, -0.15) is 0 Å². The maximum absolute atomic E-state index is 12.9. The number of rotatable bonds is 5. The van der Waals surface area contributed by atoms with E-state index in [0.717, 1.165) is 22.5 Å². The minimum atomic E-state index is -0.561. The fourth-order valence-electron chi connectivity index (χ4n) is 3.52. The van der Waals surface area contributed by atoms with E-state index in [1.54, 1.807) is 30.0 Å². The molecule has 0 saturated heterocycles. The molecule has 4 rings (SSSR count). The summed E-state index contributed by atoms with van der Waals surface area (Å²) in [4.78, 5) is 30.7. The highest BCUT2D eigenvalue weighted by Gasteiger charge is 2.32. The molecule has 0 saturated carbocycles. The Bertz CT molecular complexity index is 1020. The minimum absolute atomic E-state index is 0.0659. The number of hydrogen-bond donors (Lipinski definition) is 3. The average Bonchev–Trinajstić information content (AvgIpc) is 2.76. The second kappa shape index (κ2) is 8.12. The maximum atomic E-state index is 12.9. The SMILES string of the molecule is O=C(NO)c1ccc(CN2c3ccccc3NC(=O)[C@H]2Cc2cccnc2)cc1. The van der Waals surface area contributed by atoms with Gasteiger partial charge in [-0.05, 0) is 41.5 Å². The van der Waals surface area contributed by atoms with Crippen LogP contribution in [0.2, 0.25) is 0 Å². The summed E-state index contributed by atoms with van der Waals surface area (Å²) in [7, 11) is 0. The molecule has 0 spiro atoms. The molecule has 1 aliphatic heterocycles. The van der Waals surface area contributed by atoms with Crippen molar-refractivity contribution in [1.82, 2.24) is 10.5 Å². The van der Waals surface area contributed by atoms with E-state index < -0.39 is 11.9 Å². The highest BCUT2D eigenvalue weighted by atomic mass is 16.5. The molecule has 0 fully saturated rings. The van der Waals surface area contributed by atoms with Gasteiger partial charge in [-0.15, -0.1) is 0 Å². The molecule has 146 valence electrons. The summed E-state index contributed by atoms with van der Waals surface area (Å²) in [6.45, 7) is 0.496. The number of benzene rings is 2. The lowest BCUT2D eigenvalue weighted by Crippen LogP contribution is -2.49. The van der Waals surface area contributed by atoms with Crippen LogP contribution in [0, 0.1) is 0 Å². The molecule has 3 N–H and O–H groups in total. The van der Waals surface area contributed by atoms with E-state index in [2.05, 4.69) is 15.2 Å². The van der Waals surface area contributed by atoms with Crippen molar-refractivity contribution in [3.8, 4) is 0 Å². The van der Waals surface area contributed by atoms with Crippen molar-refractivity contribution in [1.29, 1.82) is 0 Å². The van der Waals surface area contributed by atoms with E-state index in [-0.39, 0.29) is 5.91 Å². The topological polar surface area (TPSA) is 94.6 Å². The van der Waals surface area contributed by atoms with E-state index in [9.17, 15) is 9.59 Å². The molecule has 0 aliphatic carbocycles. The molecular weight excluding hydrogens is 368 g/mol. The number of anilines is 2. The van der Waals surface area contributed by atoms with Gasteiger partial charge in [0, 0.05) is 30.9 Å². The van der Waals surface area contributed by atoms with Crippen LogP contribution >= 0.6 is 0 Å². The quantitative estimate of drug-likeness (QED) is 0.462. The van der Waals surface area contributed by atoms with Crippen molar-refractivity contribution < 1.29 is 14.8 Å². The van der Waals surface area contributed by atoms with E-state index in [1.165, 1.54) is 0 Å². The van der Waals surface area contributed by atoms with Crippen LogP contribution in [-0.2, 0) is 17.8 Å².